The zero-order valence-electron chi connectivity index (χ0n) is 61.7. The Morgan fingerprint density at radius 3 is 0.842 bits per heavy atom. The van der Waals surface area contributed by atoms with E-state index in [0.29, 0.717) is 0 Å². The van der Waals surface area contributed by atoms with Crippen LogP contribution in [0.1, 0.15) is 41.5 Å². The number of methoxy groups -OCH3 is 4. The monoisotopic (exact) mass is 1620 g/mol. The number of ether oxygens (including phenoxy) is 4. The molecule has 0 unspecified atom stereocenters. The number of nitrogens with one attached hydrogen (secondary N) is 8. The standard InChI is InChI=1S/C74H68N18O18S4/c1-37(2)51-57-55(49(61(93)65(51)97)35-83-41-11-19-45(20-12-41)111(99,100)89-67-71(107-7)79-31-27-75-67)63(95)53(39(5)59(57)87-85-43-15-23-47(24-16-43)113(103,104)91-69-73(109-9)81-33-29-77-69)54-40(6)60(88-86-44-17-25-48(26-18-44)114(105,106)92-70-74(110-10)82-34-30-78-70)58-52(38(3)4)66(98)62(94)50(56(58)64(54)96)36-84-42-13-21-46(22-14-42)112(101,102)90-68-72(108-8)80-32-28-76-68/h11-38,83-86,97-98H,1-10H3,(H,75,89)(H,76,90)(H,77,91)(H,78,92)/b49-35-,50-36-,87-59+,88-60+. The van der Waals surface area contributed by atoms with E-state index < -0.39 is 120 Å². The van der Waals surface area contributed by atoms with Crippen LogP contribution in [0.25, 0.3) is 0 Å². The third-order valence-electron chi connectivity index (χ3n) is 17.6. The zero-order valence-corrected chi connectivity index (χ0v) is 65.0. The summed E-state index contributed by atoms with van der Waals surface area (Å²) in [6.07, 6.45) is 12.4. The number of Topliss-reactive ketones (excluding diaryl/α,β-unsaturated/α-hetero) is 4. The Morgan fingerprint density at radius 2 is 0.596 bits per heavy atom. The zero-order chi connectivity index (χ0) is 81.9. The molecule has 4 aromatic carbocycles. The number of sulfonamides is 4. The van der Waals surface area contributed by atoms with Crippen molar-refractivity contribution >= 4 is 121 Å². The van der Waals surface area contributed by atoms with Gasteiger partial charge in [-0.25, -0.2) is 73.5 Å². The van der Waals surface area contributed by atoms with Gasteiger partial charge in [-0.1, -0.05) is 27.7 Å². The topological polar surface area (TPSA) is 506 Å². The third kappa shape index (κ3) is 15.8. The lowest BCUT2D eigenvalue weighted by atomic mass is 9.66. The lowest BCUT2D eigenvalue weighted by Gasteiger charge is -2.35. The van der Waals surface area contributed by atoms with E-state index in [4.69, 9.17) is 29.2 Å². The minimum Gasteiger partial charge on any atom is -0.504 e. The molecular formula is C74H68N18O18S4. The number of hydrogen-bond donors (Lipinski definition) is 10. The molecule has 0 amide bonds. The number of hydrazone groups is 2. The first kappa shape index (κ1) is 79.7. The van der Waals surface area contributed by atoms with Crippen molar-refractivity contribution in [1.29, 1.82) is 0 Å². The smallest absolute Gasteiger partial charge is 0.263 e. The highest BCUT2D eigenvalue weighted by Gasteiger charge is 2.49. The Morgan fingerprint density at radius 1 is 0.351 bits per heavy atom. The van der Waals surface area contributed by atoms with E-state index in [9.17, 15) is 43.9 Å². The van der Waals surface area contributed by atoms with Gasteiger partial charge in [0.1, 0.15) is 0 Å². The first-order valence-corrected chi connectivity index (χ1v) is 39.8. The maximum atomic E-state index is 16.7. The van der Waals surface area contributed by atoms with E-state index in [1.54, 1.807) is 27.7 Å². The second-order valence-corrected chi connectivity index (χ2v) is 32.1. The summed E-state index contributed by atoms with van der Waals surface area (Å²) in [6, 6.07) is 20.4. The SMILES string of the molecule is COc1nccnc1NS(=O)(=O)c1ccc(N/C=C2\C(=O)C(O)=C(C(C)C)C3=C2C(=O)C(C2=C(C)/C(=N\Nc4ccc(S(=O)(=O)Nc5nccnc5OC)cc4)C4=C(C2=O)/C(=C/Nc2ccc(S(=O)(=O)Nc5nccnc5OC)cc2)C(=O)C(O)=C4C(C)C)=C(C)/C3=N\Nc2ccc(S(=O)(=O)Nc3nccnc3OC)cc2)cc1. The minimum atomic E-state index is -4.37. The average molecular weight is 1630 g/mol. The molecule has 0 fully saturated rings. The normalized spacial score (nSPS) is 16.4. The molecule has 4 aliphatic carbocycles. The fourth-order valence-electron chi connectivity index (χ4n) is 12.3. The van der Waals surface area contributed by atoms with Crippen LogP contribution in [0.3, 0.4) is 0 Å². The van der Waals surface area contributed by atoms with E-state index in [1.807, 2.05) is 0 Å². The van der Waals surface area contributed by atoms with E-state index in [-0.39, 0.29) is 134 Å². The highest BCUT2D eigenvalue weighted by Crippen LogP contribution is 2.49. The first-order chi connectivity index (χ1) is 54.3. The van der Waals surface area contributed by atoms with Crippen LogP contribution in [0, 0.1) is 11.8 Å². The number of carbonyl (C=O) groups is 4. The molecule has 4 heterocycles. The predicted molar refractivity (Wildman–Crippen MR) is 417 cm³/mol. The van der Waals surface area contributed by atoms with Gasteiger partial charge in [0.2, 0.25) is 34.8 Å². The number of aliphatic hydroxyl groups is 2. The molecule has 0 radical (unpaired) electrons. The Bertz CT molecular complexity index is 5790. The van der Waals surface area contributed by atoms with Gasteiger partial charge in [-0.3, -0.25) is 48.9 Å². The maximum absolute atomic E-state index is 16.7. The summed E-state index contributed by atoms with van der Waals surface area (Å²) in [5.74, 6) is -8.89. The molecule has 10 N–H and O–H groups in total. The van der Waals surface area contributed by atoms with Crippen LogP contribution in [-0.4, -0.2) is 147 Å². The second kappa shape index (κ2) is 32.2. The van der Waals surface area contributed by atoms with Crippen molar-refractivity contribution in [3.63, 3.8) is 0 Å². The van der Waals surface area contributed by atoms with Crippen LogP contribution in [0.5, 0.6) is 23.5 Å². The van der Waals surface area contributed by atoms with Gasteiger partial charge in [0.05, 0.1) is 82.0 Å². The Labute approximate surface area is 651 Å². The summed E-state index contributed by atoms with van der Waals surface area (Å²) >= 11 is 0. The summed E-state index contributed by atoms with van der Waals surface area (Å²) in [7, 11) is -12.4. The highest BCUT2D eigenvalue weighted by atomic mass is 32.2. The fraction of sp³-hybridized carbons (Fsp3) is 0.162. The van der Waals surface area contributed by atoms with Gasteiger partial charge in [-0.2, -0.15) is 10.2 Å². The van der Waals surface area contributed by atoms with Crippen molar-refractivity contribution in [1.82, 2.24) is 39.9 Å². The average Bonchev–Trinajstić information content (AvgIpc) is 0.704. The molecule has 0 atom stereocenters. The van der Waals surface area contributed by atoms with Gasteiger partial charge in [0.15, 0.2) is 23.1 Å². The molecule has 40 heteroatoms. The molecule has 0 aliphatic heterocycles. The van der Waals surface area contributed by atoms with Crippen LogP contribution in [-0.2, 0) is 59.3 Å². The van der Waals surface area contributed by atoms with E-state index in [1.165, 1.54) is 189 Å². The molecule has 36 nitrogen and oxygen atoms in total. The fourth-order valence-corrected chi connectivity index (χ4v) is 16.3. The predicted octanol–water partition coefficient (Wildman–Crippen LogP) is 8.81. The third-order valence-corrected chi connectivity index (χ3v) is 23.0. The number of anilines is 8. The summed E-state index contributed by atoms with van der Waals surface area (Å²) in [5, 5.41) is 40.2. The van der Waals surface area contributed by atoms with E-state index in [0.717, 1.165) is 12.4 Å². The van der Waals surface area contributed by atoms with Gasteiger partial charge >= 0.3 is 0 Å². The quantitative estimate of drug-likeness (QED) is 0.0130. The summed E-state index contributed by atoms with van der Waals surface area (Å²) in [6.45, 7) is 9.35. The highest BCUT2D eigenvalue weighted by molar-refractivity contribution is 7.93. The number of hydrogen-bond acceptors (Lipinski definition) is 32. The van der Waals surface area contributed by atoms with Crippen LogP contribution in [0.15, 0.2) is 267 Å². The largest absolute Gasteiger partial charge is 0.504 e. The summed E-state index contributed by atoms with van der Waals surface area (Å²) in [5.41, 5.74) is 2.38. The lowest BCUT2D eigenvalue weighted by Crippen LogP contribution is -2.38. The molecule has 4 aromatic heterocycles. The lowest BCUT2D eigenvalue weighted by molar-refractivity contribution is -0.117. The Kier molecular flexibility index (Phi) is 22.5. The van der Waals surface area contributed by atoms with Crippen molar-refractivity contribution in [2.45, 2.75) is 61.1 Å². The van der Waals surface area contributed by atoms with Gasteiger partial charge in [0, 0.05) is 118 Å². The summed E-state index contributed by atoms with van der Waals surface area (Å²) in [4.78, 5) is 94.8. The summed E-state index contributed by atoms with van der Waals surface area (Å²) < 4.78 is 140. The number of allylic oxidation sites excluding steroid dienone is 12. The number of aromatic nitrogens is 8. The Balaban J connectivity index is 1.02. The molecule has 8 aromatic rings. The van der Waals surface area contributed by atoms with Crippen molar-refractivity contribution in [3.05, 3.63) is 237 Å². The van der Waals surface area contributed by atoms with Crippen LogP contribution in [0.4, 0.5) is 46.0 Å². The molecule has 586 valence electrons. The number of nitrogens with zero attached hydrogens (tertiary/aromatic N) is 10. The number of carbonyl (C=O) groups excluding carboxylic acids is 4. The van der Waals surface area contributed by atoms with E-state index >= 15 is 19.2 Å². The Hall–Kier alpha value is -13.9. The van der Waals surface area contributed by atoms with Crippen LogP contribution in [0.2, 0.25) is 0 Å². The molecule has 0 saturated heterocycles. The molecule has 0 spiro atoms. The minimum absolute atomic E-state index is 0.0997. The number of aliphatic hydroxyl groups excluding tert-OH is 2. The van der Waals surface area contributed by atoms with Gasteiger partial charge in [-0.05, 0) is 134 Å². The van der Waals surface area contributed by atoms with E-state index in [2.05, 4.69) is 80.2 Å². The molecule has 0 bridgehead atoms. The van der Waals surface area contributed by atoms with Crippen molar-refractivity contribution in [2.24, 2.45) is 22.0 Å². The number of benzene rings is 4. The first-order valence-electron chi connectivity index (χ1n) is 33.8. The van der Waals surface area contributed by atoms with Crippen LogP contribution < -0.4 is 59.3 Å². The number of rotatable bonds is 27. The second-order valence-electron chi connectivity index (χ2n) is 25.4. The number of ketones is 4. The molecule has 4 aliphatic rings. The van der Waals surface area contributed by atoms with Crippen molar-refractivity contribution < 1.29 is 82.0 Å². The van der Waals surface area contributed by atoms with Gasteiger partial charge < -0.3 is 39.8 Å². The van der Waals surface area contributed by atoms with Gasteiger partial charge in [0.25, 0.3) is 63.6 Å². The molecule has 12 rings (SSSR count). The van der Waals surface area contributed by atoms with Gasteiger partial charge in [-0.15, -0.1) is 0 Å². The van der Waals surface area contributed by atoms with Crippen molar-refractivity contribution in [2.75, 3.05) is 68.8 Å². The maximum Gasteiger partial charge on any atom is 0.263 e. The molecular weight excluding hydrogens is 1560 g/mol. The van der Waals surface area contributed by atoms with Crippen molar-refractivity contribution in [3.8, 4) is 23.5 Å². The molecule has 114 heavy (non-hydrogen) atoms. The van der Waals surface area contributed by atoms with Crippen LogP contribution >= 0.6 is 0 Å². The molecule has 0 saturated carbocycles.